The summed E-state index contributed by atoms with van der Waals surface area (Å²) in [6, 6.07) is 4.09. The van der Waals surface area contributed by atoms with Crippen LogP contribution in [-0.2, 0) is 7.05 Å². The van der Waals surface area contributed by atoms with E-state index in [0.29, 0.717) is 0 Å². The van der Waals surface area contributed by atoms with E-state index >= 15 is 0 Å². The predicted molar refractivity (Wildman–Crippen MR) is 83.6 cm³/mol. The Kier molecular flexibility index (Phi) is 4.52. The number of hydrogen-bond donors (Lipinski definition) is 1. The molecule has 1 heterocycles. The van der Waals surface area contributed by atoms with Gasteiger partial charge in [-0.25, -0.2) is 0 Å². The van der Waals surface area contributed by atoms with E-state index in [9.17, 15) is 0 Å². The van der Waals surface area contributed by atoms with Crippen molar-refractivity contribution in [2.24, 2.45) is 7.05 Å². The number of ether oxygens (including phenoxy) is 1. The van der Waals surface area contributed by atoms with Gasteiger partial charge in [0.25, 0.3) is 0 Å². The quantitative estimate of drug-likeness (QED) is 0.855. The van der Waals surface area contributed by atoms with Crippen LogP contribution in [0.15, 0.2) is 33.5 Å². The summed E-state index contributed by atoms with van der Waals surface area (Å²) in [5.41, 5.74) is 2.12. The molecule has 2 rings (SSSR count). The normalized spacial score (nSPS) is 12.3. The molecule has 1 aromatic heterocycles. The fourth-order valence-electron chi connectivity index (χ4n) is 1.78. The summed E-state index contributed by atoms with van der Waals surface area (Å²) in [5, 5.41) is 7.62. The number of anilines is 1. The van der Waals surface area contributed by atoms with Gasteiger partial charge in [-0.05, 0) is 44.8 Å². The maximum Gasteiger partial charge on any atom is 0.135 e. The average Bonchev–Trinajstić information content (AvgIpc) is 2.79. The highest BCUT2D eigenvalue weighted by molar-refractivity contribution is 9.11. The largest absolute Gasteiger partial charge is 0.495 e. The molecule has 2 aromatic rings. The number of hydrogen-bond acceptors (Lipinski definition) is 3. The first kappa shape index (κ1) is 14.4. The third-order valence-electron chi connectivity index (χ3n) is 2.84. The number of nitrogens with one attached hydrogen (secondary N) is 1. The lowest BCUT2D eigenvalue weighted by Gasteiger charge is -2.16. The summed E-state index contributed by atoms with van der Waals surface area (Å²) in [6.07, 6.45) is 3.86. The zero-order valence-electron chi connectivity index (χ0n) is 10.9. The van der Waals surface area contributed by atoms with Gasteiger partial charge in [-0.2, -0.15) is 5.10 Å². The Hall–Kier alpha value is -1.01. The number of methoxy groups -OCH3 is 1. The zero-order valence-corrected chi connectivity index (χ0v) is 14.1. The van der Waals surface area contributed by atoms with Crippen LogP contribution in [0.5, 0.6) is 5.75 Å². The van der Waals surface area contributed by atoms with Crippen molar-refractivity contribution < 1.29 is 4.74 Å². The molecule has 6 heteroatoms. The molecule has 0 saturated heterocycles. The number of rotatable bonds is 4. The van der Waals surface area contributed by atoms with Gasteiger partial charge in [0.2, 0.25) is 0 Å². The van der Waals surface area contributed by atoms with Crippen molar-refractivity contribution >= 4 is 37.5 Å². The number of benzene rings is 1. The van der Waals surface area contributed by atoms with Gasteiger partial charge in [0.05, 0.1) is 29.5 Å². The molecule has 19 heavy (non-hydrogen) atoms. The molecule has 0 bridgehead atoms. The van der Waals surface area contributed by atoms with Crippen LogP contribution in [0.3, 0.4) is 0 Å². The van der Waals surface area contributed by atoms with Crippen molar-refractivity contribution in [2.75, 3.05) is 12.4 Å². The van der Waals surface area contributed by atoms with E-state index in [4.69, 9.17) is 4.74 Å². The standard InChI is InChI=1S/C13H15Br2N3O/c1-8(9-6-16-18(2)7-9)17-12-5-13(19-3)11(15)4-10(12)14/h4-8,17H,1-3H3. The molecule has 1 atom stereocenters. The number of nitrogens with zero attached hydrogens (tertiary/aromatic N) is 2. The molecule has 0 aliphatic rings. The highest BCUT2D eigenvalue weighted by atomic mass is 79.9. The Morgan fingerprint density at radius 3 is 2.63 bits per heavy atom. The minimum absolute atomic E-state index is 0.163. The lowest BCUT2D eigenvalue weighted by molar-refractivity contribution is 0.412. The molecular weight excluding hydrogens is 374 g/mol. The minimum atomic E-state index is 0.163. The van der Waals surface area contributed by atoms with Crippen LogP contribution in [0.2, 0.25) is 0 Å². The summed E-state index contributed by atoms with van der Waals surface area (Å²) < 4.78 is 9.00. The highest BCUT2D eigenvalue weighted by Gasteiger charge is 2.12. The Labute approximate surface area is 129 Å². The lowest BCUT2D eigenvalue weighted by atomic mass is 10.2. The molecule has 102 valence electrons. The molecule has 4 nitrogen and oxygen atoms in total. The third-order valence-corrected chi connectivity index (χ3v) is 4.11. The maximum absolute atomic E-state index is 5.31. The molecule has 0 radical (unpaired) electrons. The average molecular weight is 389 g/mol. The molecule has 0 amide bonds. The van der Waals surface area contributed by atoms with E-state index in [1.165, 1.54) is 0 Å². The van der Waals surface area contributed by atoms with Crippen LogP contribution in [-0.4, -0.2) is 16.9 Å². The van der Waals surface area contributed by atoms with Crippen LogP contribution >= 0.6 is 31.9 Å². The maximum atomic E-state index is 5.31. The minimum Gasteiger partial charge on any atom is -0.495 e. The van der Waals surface area contributed by atoms with Gasteiger partial charge in [0.1, 0.15) is 5.75 Å². The van der Waals surface area contributed by atoms with Crippen LogP contribution in [0, 0.1) is 0 Å². The van der Waals surface area contributed by atoms with Crippen LogP contribution in [0.1, 0.15) is 18.5 Å². The van der Waals surface area contributed by atoms with Crippen LogP contribution in [0.25, 0.3) is 0 Å². The second-order valence-electron chi connectivity index (χ2n) is 4.28. The van der Waals surface area contributed by atoms with Crippen LogP contribution in [0.4, 0.5) is 5.69 Å². The molecule has 0 spiro atoms. The van der Waals surface area contributed by atoms with Gasteiger partial charge < -0.3 is 10.1 Å². The molecule has 1 N–H and O–H groups in total. The first-order chi connectivity index (χ1) is 9.01. The Morgan fingerprint density at radius 2 is 2.05 bits per heavy atom. The van der Waals surface area contributed by atoms with Crippen molar-refractivity contribution in [3.63, 3.8) is 0 Å². The first-order valence-corrected chi connectivity index (χ1v) is 7.38. The van der Waals surface area contributed by atoms with Crippen molar-refractivity contribution in [3.8, 4) is 5.75 Å². The first-order valence-electron chi connectivity index (χ1n) is 5.79. The topological polar surface area (TPSA) is 39.1 Å². The lowest BCUT2D eigenvalue weighted by Crippen LogP contribution is -2.06. The summed E-state index contributed by atoms with van der Waals surface area (Å²) >= 11 is 7.01. The Balaban J connectivity index is 2.23. The van der Waals surface area contributed by atoms with E-state index in [2.05, 4.69) is 49.2 Å². The number of aromatic nitrogens is 2. The van der Waals surface area contributed by atoms with Crippen molar-refractivity contribution in [1.82, 2.24) is 9.78 Å². The van der Waals surface area contributed by atoms with E-state index in [1.807, 2.05) is 31.6 Å². The fourth-order valence-corrected chi connectivity index (χ4v) is 3.05. The smallest absolute Gasteiger partial charge is 0.135 e. The van der Waals surface area contributed by atoms with Gasteiger partial charge in [0.15, 0.2) is 0 Å². The van der Waals surface area contributed by atoms with Crippen molar-refractivity contribution in [3.05, 3.63) is 39.0 Å². The second kappa shape index (κ2) is 5.96. The monoisotopic (exact) mass is 387 g/mol. The zero-order chi connectivity index (χ0) is 14.0. The van der Waals surface area contributed by atoms with Crippen molar-refractivity contribution in [1.29, 1.82) is 0 Å². The molecule has 0 aliphatic heterocycles. The molecule has 0 saturated carbocycles. The fraction of sp³-hybridized carbons (Fsp3) is 0.308. The SMILES string of the molecule is COc1cc(NC(C)c2cnn(C)c2)c(Br)cc1Br. The second-order valence-corrected chi connectivity index (χ2v) is 5.99. The summed E-state index contributed by atoms with van der Waals surface area (Å²) in [5.74, 6) is 0.795. The molecule has 0 fully saturated rings. The molecule has 1 unspecified atom stereocenters. The van der Waals surface area contributed by atoms with Gasteiger partial charge in [0, 0.05) is 29.3 Å². The van der Waals surface area contributed by atoms with E-state index < -0.39 is 0 Å². The summed E-state index contributed by atoms with van der Waals surface area (Å²) in [6.45, 7) is 2.10. The highest BCUT2D eigenvalue weighted by Crippen LogP contribution is 2.36. The number of aryl methyl sites for hydroxylation is 1. The van der Waals surface area contributed by atoms with Gasteiger partial charge in [-0.3, -0.25) is 4.68 Å². The van der Waals surface area contributed by atoms with Gasteiger partial charge in [-0.15, -0.1) is 0 Å². The molecule has 0 aliphatic carbocycles. The van der Waals surface area contributed by atoms with Crippen molar-refractivity contribution in [2.45, 2.75) is 13.0 Å². The number of halogens is 2. The predicted octanol–water partition coefficient (Wildman–Crippen LogP) is 4.13. The van der Waals surface area contributed by atoms with Gasteiger partial charge >= 0.3 is 0 Å². The van der Waals surface area contributed by atoms with E-state index in [0.717, 1.165) is 25.9 Å². The summed E-state index contributed by atoms with van der Waals surface area (Å²) in [4.78, 5) is 0. The van der Waals surface area contributed by atoms with Gasteiger partial charge in [-0.1, -0.05) is 0 Å². The van der Waals surface area contributed by atoms with E-state index in [-0.39, 0.29) is 6.04 Å². The Bertz CT molecular complexity index is 583. The Morgan fingerprint density at radius 1 is 1.32 bits per heavy atom. The van der Waals surface area contributed by atoms with E-state index in [1.54, 1.807) is 11.8 Å². The van der Waals surface area contributed by atoms with Crippen LogP contribution < -0.4 is 10.1 Å². The molecule has 1 aromatic carbocycles. The molecular formula is C13H15Br2N3O. The third kappa shape index (κ3) is 3.30. The summed E-state index contributed by atoms with van der Waals surface area (Å²) in [7, 11) is 3.57.